The fraction of sp³-hybridized carbons (Fsp3) is 0.364. The minimum absolute atomic E-state index is 0.321. The number of carbonyl (C=O) groups is 1. The van der Waals surface area contributed by atoms with Crippen LogP contribution in [0.25, 0.3) is 0 Å². The Morgan fingerprint density at radius 1 is 1.41 bits per heavy atom. The Morgan fingerprint density at radius 2 is 2.06 bits per heavy atom. The van der Waals surface area contributed by atoms with Crippen LogP contribution >= 0.6 is 0 Å². The second kappa shape index (κ2) is 5.38. The highest BCUT2D eigenvalue weighted by Gasteiger charge is 2.10. The molecule has 94 valence electrons. The number of halogens is 1. The Bertz CT molecular complexity index is 412. The number of hydrogen-bond donors (Lipinski definition) is 2. The number of nitrogen functional groups attached to an aromatic ring is 1. The van der Waals surface area contributed by atoms with E-state index in [1.54, 1.807) is 11.9 Å². The van der Waals surface area contributed by atoms with Crippen molar-refractivity contribution < 1.29 is 14.3 Å². The normalized spacial score (nSPS) is 10.1. The number of amides is 1. The number of anilines is 2. The van der Waals surface area contributed by atoms with E-state index in [9.17, 15) is 9.18 Å². The van der Waals surface area contributed by atoms with Crippen molar-refractivity contribution in [2.24, 2.45) is 0 Å². The summed E-state index contributed by atoms with van der Waals surface area (Å²) in [6.45, 7) is 0.762. The number of nitrogens with two attached hydrogens (primary N) is 1. The van der Waals surface area contributed by atoms with E-state index in [2.05, 4.69) is 0 Å². The van der Waals surface area contributed by atoms with Crippen molar-refractivity contribution in [2.75, 3.05) is 37.8 Å². The summed E-state index contributed by atoms with van der Waals surface area (Å²) in [5, 5.41) is 8.69. The molecular formula is C11H16FN3O2. The third kappa shape index (κ3) is 3.51. The zero-order chi connectivity index (χ0) is 13.0. The molecule has 17 heavy (non-hydrogen) atoms. The molecule has 6 heteroatoms. The third-order valence-corrected chi connectivity index (χ3v) is 2.50. The first-order valence-corrected chi connectivity index (χ1v) is 5.12. The minimum Gasteiger partial charge on any atom is -0.465 e. The van der Waals surface area contributed by atoms with Gasteiger partial charge in [0.1, 0.15) is 5.82 Å². The number of benzene rings is 1. The SMILES string of the molecule is CN(CCN(C)c1cc(F)ccc1N)C(=O)O. The zero-order valence-electron chi connectivity index (χ0n) is 9.85. The first-order valence-electron chi connectivity index (χ1n) is 5.12. The topological polar surface area (TPSA) is 69.8 Å². The van der Waals surface area contributed by atoms with E-state index in [1.165, 1.54) is 25.2 Å². The largest absolute Gasteiger partial charge is 0.465 e. The van der Waals surface area contributed by atoms with E-state index in [1.807, 2.05) is 0 Å². The summed E-state index contributed by atoms with van der Waals surface area (Å²) in [6, 6.07) is 4.11. The summed E-state index contributed by atoms with van der Waals surface area (Å²) in [4.78, 5) is 13.5. The third-order valence-electron chi connectivity index (χ3n) is 2.50. The molecule has 0 saturated carbocycles. The van der Waals surface area contributed by atoms with Crippen LogP contribution in [0.2, 0.25) is 0 Å². The van der Waals surface area contributed by atoms with Crippen LogP contribution in [0.1, 0.15) is 0 Å². The van der Waals surface area contributed by atoms with Gasteiger partial charge in [0.15, 0.2) is 0 Å². The molecule has 0 aliphatic rings. The molecule has 0 aliphatic heterocycles. The van der Waals surface area contributed by atoms with E-state index in [0.717, 1.165) is 4.90 Å². The van der Waals surface area contributed by atoms with Gasteiger partial charge in [-0.05, 0) is 18.2 Å². The van der Waals surface area contributed by atoms with Crippen LogP contribution in [0.15, 0.2) is 18.2 Å². The first-order chi connectivity index (χ1) is 7.91. The summed E-state index contributed by atoms with van der Waals surface area (Å²) in [6.07, 6.45) is -0.995. The van der Waals surface area contributed by atoms with Gasteiger partial charge in [-0.1, -0.05) is 0 Å². The fourth-order valence-corrected chi connectivity index (χ4v) is 1.36. The highest BCUT2D eigenvalue weighted by atomic mass is 19.1. The van der Waals surface area contributed by atoms with Gasteiger partial charge in [0.25, 0.3) is 0 Å². The minimum atomic E-state index is -0.995. The van der Waals surface area contributed by atoms with Gasteiger partial charge in [0, 0.05) is 27.2 Å². The molecule has 0 unspecified atom stereocenters. The van der Waals surface area contributed by atoms with Crippen LogP contribution in [0, 0.1) is 5.82 Å². The van der Waals surface area contributed by atoms with Gasteiger partial charge in [-0.3, -0.25) is 0 Å². The average Bonchev–Trinajstić information content (AvgIpc) is 2.28. The second-order valence-corrected chi connectivity index (χ2v) is 3.83. The Labute approximate surface area is 99.2 Å². The molecule has 0 atom stereocenters. The molecule has 0 heterocycles. The van der Waals surface area contributed by atoms with Crippen LogP contribution in [-0.2, 0) is 0 Å². The quantitative estimate of drug-likeness (QED) is 0.783. The Kier molecular flexibility index (Phi) is 4.14. The molecule has 1 aromatic carbocycles. The van der Waals surface area contributed by atoms with Crippen LogP contribution in [0.3, 0.4) is 0 Å². The van der Waals surface area contributed by atoms with Gasteiger partial charge in [-0.25, -0.2) is 9.18 Å². The summed E-state index contributed by atoms with van der Waals surface area (Å²) in [7, 11) is 3.21. The number of likely N-dealkylation sites (N-methyl/N-ethyl adjacent to an activating group) is 2. The number of carboxylic acid groups (broad SMARTS) is 1. The molecule has 0 fully saturated rings. The van der Waals surface area contributed by atoms with Crippen LogP contribution in [-0.4, -0.2) is 43.3 Å². The number of rotatable bonds is 4. The summed E-state index contributed by atoms with van der Waals surface area (Å²) < 4.78 is 13.0. The van der Waals surface area contributed by atoms with E-state index < -0.39 is 6.09 Å². The van der Waals surface area contributed by atoms with Gasteiger partial charge in [0.05, 0.1) is 11.4 Å². The Balaban J connectivity index is 2.66. The number of hydrogen-bond acceptors (Lipinski definition) is 3. The lowest BCUT2D eigenvalue weighted by Gasteiger charge is -2.23. The van der Waals surface area contributed by atoms with E-state index >= 15 is 0 Å². The zero-order valence-corrected chi connectivity index (χ0v) is 9.85. The lowest BCUT2D eigenvalue weighted by molar-refractivity contribution is 0.157. The lowest BCUT2D eigenvalue weighted by Crippen LogP contribution is -2.34. The van der Waals surface area contributed by atoms with E-state index in [4.69, 9.17) is 10.8 Å². The van der Waals surface area contributed by atoms with E-state index in [0.29, 0.717) is 24.5 Å². The predicted octanol–water partition coefficient (Wildman–Crippen LogP) is 1.45. The molecule has 0 spiro atoms. The maximum atomic E-state index is 13.0. The Hall–Kier alpha value is -1.98. The molecule has 0 aromatic heterocycles. The molecule has 1 aromatic rings. The van der Waals surface area contributed by atoms with Crippen molar-refractivity contribution in [2.45, 2.75) is 0 Å². The van der Waals surface area contributed by atoms with Crippen molar-refractivity contribution >= 4 is 17.5 Å². The fourth-order valence-electron chi connectivity index (χ4n) is 1.36. The van der Waals surface area contributed by atoms with E-state index in [-0.39, 0.29) is 5.82 Å². The molecule has 1 rings (SSSR count). The highest BCUT2D eigenvalue weighted by molar-refractivity contribution is 5.67. The predicted molar refractivity (Wildman–Crippen MR) is 64.7 cm³/mol. The van der Waals surface area contributed by atoms with Crippen LogP contribution < -0.4 is 10.6 Å². The maximum Gasteiger partial charge on any atom is 0.407 e. The van der Waals surface area contributed by atoms with Crippen molar-refractivity contribution in [3.05, 3.63) is 24.0 Å². The van der Waals surface area contributed by atoms with Gasteiger partial charge in [-0.15, -0.1) is 0 Å². The maximum absolute atomic E-state index is 13.0. The monoisotopic (exact) mass is 241 g/mol. The van der Waals surface area contributed by atoms with Crippen molar-refractivity contribution in [3.8, 4) is 0 Å². The van der Waals surface area contributed by atoms with Crippen LogP contribution in [0.5, 0.6) is 0 Å². The molecule has 0 radical (unpaired) electrons. The summed E-state index contributed by atoms with van der Waals surface area (Å²) in [5.74, 6) is -0.368. The lowest BCUT2D eigenvalue weighted by atomic mass is 10.2. The first kappa shape index (κ1) is 13.1. The van der Waals surface area contributed by atoms with Crippen molar-refractivity contribution in [1.29, 1.82) is 0 Å². The van der Waals surface area contributed by atoms with Gasteiger partial charge >= 0.3 is 6.09 Å². The summed E-state index contributed by atoms with van der Waals surface area (Å²) >= 11 is 0. The molecule has 0 saturated heterocycles. The van der Waals surface area contributed by atoms with Gasteiger partial charge < -0.3 is 20.6 Å². The molecule has 3 N–H and O–H groups in total. The molecule has 0 aliphatic carbocycles. The molecular weight excluding hydrogens is 225 g/mol. The second-order valence-electron chi connectivity index (χ2n) is 3.83. The summed E-state index contributed by atoms with van der Waals surface area (Å²) in [5.41, 5.74) is 6.74. The van der Waals surface area contributed by atoms with Gasteiger partial charge in [-0.2, -0.15) is 0 Å². The highest BCUT2D eigenvalue weighted by Crippen LogP contribution is 2.22. The standard InChI is InChI=1S/C11H16FN3O2/c1-14(5-6-15(2)11(16)17)10-7-8(12)3-4-9(10)13/h3-4,7H,5-6,13H2,1-2H3,(H,16,17). The Morgan fingerprint density at radius 3 is 2.65 bits per heavy atom. The number of nitrogens with zero attached hydrogens (tertiary/aromatic N) is 2. The smallest absolute Gasteiger partial charge is 0.407 e. The molecule has 0 bridgehead atoms. The molecule has 1 amide bonds. The van der Waals surface area contributed by atoms with Gasteiger partial charge in [0.2, 0.25) is 0 Å². The van der Waals surface area contributed by atoms with Crippen molar-refractivity contribution in [3.63, 3.8) is 0 Å². The van der Waals surface area contributed by atoms with Crippen molar-refractivity contribution in [1.82, 2.24) is 4.90 Å². The average molecular weight is 241 g/mol. The van der Waals surface area contributed by atoms with Crippen LogP contribution in [0.4, 0.5) is 20.6 Å². The molecule has 5 nitrogen and oxygen atoms in total.